The van der Waals surface area contributed by atoms with Crippen LogP contribution in [-0.2, 0) is 0 Å². The van der Waals surface area contributed by atoms with E-state index in [0.29, 0.717) is 13.2 Å². The zero-order valence-corrected chi connectivity index (χ0v) is 14.5. The van der Waals surface area contributed by atoms with Crippen molar-refractivity contribution in [2.45, 2.75) is 0 Å². The first-order chi connectivity index (χ1) is 12.3. The molecule has 4 nitrogen and oxygen atoms in total. The van der Waals surface area contributed by atoms with Crippen molar-refractivity contribution >= 4 is 11.3 Å². The number of rotatable bonds is 8. The Kier molecular flexibility index (Phi) is 5.59. The Morgan fingerprint density at radius 2 is 1.20 bits per heavy atom. The molecule has 0 saturated heterocycles. The number of para-hydroxylation sites is 2. The van der Waals surface area contributed by atoms with E-state index in [9.17, 15) is 0 Å². The fourth-order valence-electron chi connectivity index (χ4n) is 2.28. The van der Waals surface area contributed by atoms with E-state index >= 15 is 0 Å². The molecule has 5 heteroatoms. The Hall–Kier alpha value is -2.92. The number of ether oxygens (including phenoxy) is 2. The number of hydrogen-bond donors (Lipinski definition) is 0. The minimum absolute atomic E-state index is 0.445. The van der Waals surface area contributed by atoms with Crippen molar-refractivity contribution < 1.29 is 9.47 Å². The van der Waals surface area contributed by atoms with Crippen LogP contribution in [0.5, 0.6) is 11.5 Å². The molecule has 126 valence electrons. The zero-order valence-electron chi connectivity index (χ0n) is 13.7. The molecule has 0 unspecified atom stereocenters. The largest absolute Gasteiger partial charge is 0.489 e. The molecule has 0 N–H and O–H groups in total. The number of nitrogens with zero attached hydrogens (tertiary/aromatic N) is 2. The standard InChI is InChI=1S/C20H18N2O2S/c1-3-13-23-17-11-7-5-9-15(17)19-21-22-20(25-19)16-10-6-8-12-18(16)24-14-4-2/h3-12H,1-2,13-14H2. The maximum atomic E-state index is 5.72. The molecule has 0 aliphatic heterocycles. The van der Waals surface area contributed by atoms with E-state index in [-0.39, 0.29) is 0 Å². The van der Waals surface area contributed by atoms with Crippen molar-refractivity contribution in [3.8, 4) is 32.6 Å². The third-order valence-electron chi connectivity index (χ3n) is 3.37. The van der Waals surface area contributed by atoms with Crippen LogP contribution in [0.4, 0.5) is 0 Å². The summed E-state index contributed by atoms with van der Waals surface area (Å²) in [4.78, 5) is 0. The molecular weight excluding hydrogens is 332 g/mol. The first-order valence-electron chi connectivity index (χ1n) is 7.83. The molecule has 0 aliphatic carbocycles. The van der Waals surface area contributed by atoms with Gasteiger partial charge in [0.15, 0.2) is 10.0 Å². The lowest BCUT2D eigenvalue weighted by Crippen LogP contribution is -1.94. The summed E-state index contributed by atoms with van der Waals surface area (Å²) in [5, 5.41) is 10.3. The van der Waals surface area contributed by atoms with E-state index in [2.05, 4.69) is 23.4 Å². The van der Waals surface area contributed by atoms with Gasteiger partial charge in [0.25, 0.3) is 0 Å². The van der Waals surface area contributed by atoms with Crippen LogP contribution in [0, 0.1) is 0 Å². The van der Waals surface area contributed by atoms with Crippen LogP contribution in [0.15, 0.2) is 73.8 Å². The van der Waals surface area contributed by atoms with Gasteiger partial charge in [-0.2, -0.15) is 0 Å². The van der Waals surface area contributed by atoms with Gasteiger partial charge < -0.3 is 9.47 Å². The maximum absolute atomic E-state index is 5.72. The molecule has 1 heterocycles. The van der Waals surface area contributed by atoms with Crippen LogP contribution in [0.1, 0.15) is 0 Å². The van der Waals surface area contributed by atoms with E-state index in [0.717, 1.165) is 32.6 Å². The Bertz CT molecular complexity index is 803. The van der Waals surface area contributed by atoms with Crippen molar-refractivity contribution in [2.24, 2.45) is 0 Å². The summed E-state index contributed by atoms with van der Waals surface area (Å²) in [6.45, 7) is 8.26. The van der Waals surface area contributed by atoms with Crippen LogP contribution >= 0.6 is 11.3 Å². The van der Waals surface area contributed by atoms with Gasteiger partial charge in [-0.05, 0) is 24.3 Å². The first kappa shape index (κ1) is 16.9. The topological polar surface area (TPSA) is 44.2 Å². The Morgan fingerprint density at radius 3 is 1.64 bits per heavy atom. The second-order valence-electron chi connectivity index (χ2n) is 5.10. The summed E-state index contributed by atoms with van der Waals surface area (Å²) in [5.41, 5.74) is 1.83. The molecule has 2 aromatic carbocycles. The second-order valence-corrected chi connectivity index (χ2v) is 6.08. The molecule has 0 saturated carbocycles. The molecular formula is C20H18N2O2S. The molecule has 0 radical (unpaired) electrons. The van der Waals surface area contributed by atoms with Gasteiger partial charge in [0.1, 0.15) is 24.7 Å². The van der Waals surface area contributed by atoms with E-state index in [1.54, 1.807) is 12.2 Å². The smallest absolute Gasteiger partial charge is 0.151 e. The fraction of sp³-hybridized carbons (Fsp3) is 0.100. The Morgan fingerprint density at radius 1 is 0.760 bits per heavy atom. The first-order valence-corrected chi connectivity index (χ1v) is 8.65. The van der Waals surface area contributed by atoms with Crippen LogP contribution < -0.4 is 9.47 Å². The highest BCUT2D eigenvalue weighted by Crippen LogP contribution is 2.37. The van der Waals surface area contributed by atoms with Crippen molar-refractivity contribution in [2.75, 3.05) is 13.2 Å². The monoisotopic (exact) mass is 350 g/mol. The lowest BCUT2D eigenvalue weighted by Gasteiger charge is -2.07. The van der Waals surface area contributed by atoms with Gasteiger partial charge in [-0.25, -0.2) is 0 Å². The van der Waals surface area contributed by atoms with E-state index in [1.807, 2.05) is 48.5 Å². The highest BCUT2D eigenvalue weighted by Gasteiger charge is 2.15. The minimum Gasteiger partial charge on any atom is -0.489 e. The van der Waals surface area contributed by atoms with Gasteiger partial charge >= 0.3 is 0 Å². The third-order valence-corrected chi connectivity index (χ3v) is 4.36. The molecule has 0 bridgehead atoms. The van der Waals surface area contributed by atoms with E-state index < -0.39 is 0 Å². The van der Waals surface area contributed by atoms with Crippen LogP contribution in [-0.4, -0.2) is 23.4 Å². The lowest BCUT2D eigenvalue weighted by molar-refractivity contribution is 0.364. The summed E-state index contributed by atoms with van der Waals surface area (Å²) in [6, 6.07) is 15.6. The highest BCUT2D eigenvalue weighted by molar-refractivity contribution is 7.18. The van der Waals surface area contributed by atoms with Gasteiger partial charge in [0.2, 0.25) is 0 Å². The SMILES string of the molecule is C=CCOc1ccccc1-c1nnc(-c2ccccc2OCC=C)s1. The van der Waals surface area contributed by atoms with Gasteiger partial charge in [0, 0.05) is 0 Å². The average Bonchev–Trinajstić information content (AvgIpc) is 3.15. The minimum atomic E-state index is 0.445. The normalized spacial score (nSPS) is 10.2. The van der Waals surface area contributed by atoms with Crippen molar-refractivity contribution in [1.82, 2.24) is 10.2 Å². The van der Waals surface area contributed by atoms with Crippen LogP contribution in [0.2, 0.25) is 0 Å². The molecule has 3 rings (SSSR count). The molecule has 0 fully saturated rings. The summed E-state index contributed by atoms with van der Waals surface area (Å²) < 4.78 is 11.4. The number of aromatic nitrogens is 2. The summed E-state index contributed by atoms with van der Waals surface area (Å²) >= 11 is 1.50. The number of hydrogen-bond acceptors (Lipinski definition) is 5. The second kappa shape index (κ2) is 8.26. The predicted octanol–water partition coefficient (Wildman–Crippen LogP) is 5.00. The molecule has 0 spiro atoms. The molecule has 0 aliphatic rings. The quantitative estimate of drug-likeness (QED) is 0.536. The molecule has 0 atom stereocenters. The van der Waals surface area contributed by atoms with Gasteiger partial charge in [-0.1, -0.05) is 60.9 Å². The molecule has 0 amide bonds. The van der Waals surface area contributed by atoms with E-state index in [1.165, 1.54) is 11.3 Å². The van der Waals surface area contributed by atoms with Crippen molar-refractivity contribution in [1.29, 1.82) is 0 Å². The predicted molar refractivity (Wildman–Crippen MR) is 102 cm³/mol. The van der Waals surface area contributed by atoms with Gasteiger partial charge in [-0.15, -0.1) is 10.2 Å². The zero-order chi connectivity index (χ0) is 17.5. The van der Waals surface area contributed by atoms with Crippen molar-refractivity contribution in [3.05, 3.63) is 73.8 Å². The van der Waals surface area contributed by atoms with Crippen molar-refractivity contribution in [3.63, 3.8) is 0 Å². The fourth-order valence-corrected chi connectivity index (χ4v) is 3.18. The molecule has 1 aromatic heterocycles. The summed E-state index contributed by atoms with van der Waals surface area (Å²) in [7, 11) is 0. The molecule has 3 aromatic rings. The molecule has 25 heavy (non-hydrogen) atoms. The Labute approximate surface area is 151 Å². The number of benzene rings is 2. The summed E-state index contributed by atoms with van der Waals surface area (Å²) in [6.07, 6.45) is 3.44. The van der Waals surface area contributed by atoms with Gasteiger partial charge in [-0.3, -0.25) is 0 Å². The summed E-state index contributed by atoms with van der Waals surface area (Å²) in [5.74, 6) is 1.53. The van der Waals surface area contributed by atoms with Crippen LogP contribution in [0.3, 0.4) is 0 Å². The Balaban J connectivity index is 1.94. The lowest BCUT2D eigenvalue weighted by atomic mass is 10.2. The highest BCUT2D eigenvalue weighted by atomic mass is 32.1. The van der Waals surface area contributed by atoms with E-state index in [4.69, 9.17) is 9.47 Å². The average molecular weight is 350 g/mol. The maximum Gasteiger partial charge on any atom is 0.151 e. The van der Waals surface area contributed by atoms with Crippen LogP contribution in [0.25, 0.3) is 21.1 Å². The van der Waals surface area contributed by atoms with Gasteiger partial charge in [0.05, 0.1) is 11.1 Å². The third kappa shape index (κ3) is 3.95.